The molecule has 1 spiro atoms. The fourth-order valence-corrected chi connectivity index (χ4v) is 3.94. The molecule has 1 saturated carbocycles. The van der Waals surface area contributed by atoms with Gasteiger partial charge >= 0.3 is 0 Å². The van der Waals surface area contributed by atoms with Crippen LogP contribution in [0.5, 0.6) is 0 Å². The first kappa shape index (κ1) is 22.0. The molecule has 1 saturated heterocycles. The number of rotatable bonds is 6. The Morgan fingerprint density at radius 1 is 1.22 bits per heavy atom. The Bertz CT molecular complexity index is 657. The number of guanidine groups is 1. The molecular weight excluding hydrogens is 451 g/mol. The number of nitrogens with one attached hydrogen (secondary N) is 2. The Kier molecular flexibility index (Phi) is 8.38. The Balaban J connectivity index is 0.00000261. The van der Waals surface area contributed by atoms with Crippen molar-refractivity contribution in [3.63, 3.8) is 0 Å². The number of halogens is 1. The first-order chi connectivity index (χ1) is 12.7. The maximum absolute atomic E-state index is 12.1. The summed E-state index contributed by atoms with van der Waals surface area (Å²) in [5.74, 6) is 1.01. The maximum atomic E-state index is 12.1. The van der Waals surface area contributed by atoms with E-state index in [0.717, 1.165) is 37.6 Å². The minimum absolute atomic E-state index is 0. The average Bonchev–Trinajstić information content (AvgIpc) is 3.09. The maximum Gasteiger partial charge on any atom is 0.251 e. The number of aliphatic imine (C=N–C) groups is 1. The van der Waals surface area contributed by atoms with Crippen LogP contribution in [0.15, 0.2) is 29.3 Å². The van der Waals surface area contributed by atoms with E-state index in [-0.39, 0.29) is 29.9 Å². The van der Waals surface area contributed by atoms with Gasteiger partial charge in [-0.3, -0.25) is 4.79 Å². The molecule has 1 aliphatic carbocycles. The number of likely N-dealkylation sites (tertiary alicyclic amines) is 1. The van der Waals surface area contributed by atoms with Crippen molar-refractivity contribution in [1.29, 1.82) is 0 Å². The lowest BCUT2D eigenvalue weighted by molar-refractivity contribution is 0.0953. The van der Waals surface area contributed by atoms with E-state index in [4.69, 9.17) is 4.99 Å². The largest absolute Gasteiger partial charge is 0.357 e. The highest BCUT2D eigenvalue weighted by Crippen LogP contribution is 2.47. The molecule has 0 unspecified atom stereocenters. The molecule has 27 heavy (non-hydrogen) atoms. The summed E-state index contributed by atoms with van der Waals surface area (Å²) in [6.45, 7) is 8.60. The third kappa shape index (κ3) is 5.59. The van der Waals surface area contributed by atoms with Crippen LogP contribution in [0.3, 0.4) is 0 Å². The van der Waals surface area contributed by atoms with Gasteiger partial charge in [-0.15, -0.1) is 24.0 Å². The standard InChI is InChI=1S/C21H32N4O.HI/c1-3-12-23-19(26)18-8-5-7-17(14-18)15-24-20(22-4-2)25-13-11-21(16-25)9-6-10-21;/h5,7-8,14H,3-4,6,9-13,15-16H2,1-2H3,(H,22,24)(H,23,26);1H. The molecule has 0 atom stereocenters. The number of amides is 1. The van der Waals surface area contributed by atoms with E-state index in [1.54, 1.807) is 0 Å². The van der Waals surface area contributed by atoms with Crippen molar-refractivity contribution in [2.24, 2.45) is 10.4 Å². The summed E-state index contributed by atoms with van der Waals surface area (Å²) in [6.07, 6.45) is 6.37. The minimum atomic E-state index is -0.00365. The molecule has 1 aromatic carbocycles. The van der Waals surface area contributed by atoms with Gasteiger partial charge in [0.25, 0.3) is 5.91 Å². The van der Waals surface area contributed by atoms with Gasteiger partial charge in [-0.1, -0.05) is 25.5 Å². The van der Waals surface area contributed by atoms with Crippen LogP contribution >= 0.6 is 24.0 Å². The van der Waals surface area contributed by atoms with Gasteiger partial charge in [-0.25, -0.2) is 4.99 Å². The van der Waals surface area contributed by atoms with Gasteiger partial charge in [-0.05, 0) is 55.7 Å². The molecule has 3 rings (SSSR count). The Hall–Kier alpha value is -1.31. The molecule has 0 aromatic heterocycles. The number of benzene rings is 1. The summed E-state index contributed by atoms with van der Waals surface area (Å²) in [5.41, 5.74) is 2.35. The molecule has 5 nitrogen and oxygen atoms in total. The number of hydrogen-bond acceptors (Lipinski definition) is 2. The zero-order chi connectivity index (χ0) is 18.4. The predicted molar refractivity (Wildman–Crippen MR) is 122 cm³/mol. The summed E-state index contributed by atoms with van der Waals surface area (Å²) < 4.78 is 0. The Morgan fingerprint density at radius 2 is 2.04 bits per heavy atom. The fourth-order valence-electron chi connectivity index (χ4n) is 3.94. The second-order valence-electron chi connectivity index (χ2n) is 7.65. The van der Waals surface area contributed by atoms with Crippen molar-refractivity contribution in [3.8, 4) is 0 Å². The molecule has 0 bridgehead atoms. The molecular formula is C21H33IN4O. The van der Waals surface area contributed by atoms with Gasteiger partial charge in [0.1, 0.15) is 0 Å². The van der Waals surface area contributed by atoms with E-state index < -0.39 is 0 Å². The quantitative estimate of drug-likeness (QED) is 0.367. The summed E-state index contributed by atoms with van der Waals surface area (Å²) >= 11 is 0. The van der Waals surface area contributed by atoms with Gasteiger partial charge in [-0.2, -0.15) is 0 Å². The van der Waals surface area contributed by atoms with Gasteiger partial charge in [0, 0.05) is 31.7 Å². The Labute approximate surface area is 180 Å². The molecule has 150 valence electrons. The molecule has 2 fully saturated rings. The van der Waals surface area contributed by atoms with E-state index in [2.05, 4.69) is 29.4 Å². The number of carbonyl (C=O) groups excluding carboxylic acids is 1. The average molecular weight is 484 g/mol. The van der Waals surface area contributed by atoms with Crippen LogP contribution in [0.25, 0.3) is 0 Å². The number of nitrogens with zero attached hydrogens (tertiary/aromatic N) is 2. The van der Waals surface area contributed by atoms with Crippen molar-refractivity contribution in [2.75, 3.05) is 26.2 Å². The number of hydrogen-bond donors (Lipinski definition) is 2. The van der Waals surface area contributed by atoms with Crippen molar-refractivity contribution in [3.05, 3.63) is 35.4 Å². The summed E-state index contributed by atoms with van der Waals surface area (Å²) in [7, 11) is 0. The van der Waals surface area contributed by atoms with Crippen LogP contribution in [0.1, 0.15) is 61.9 Å². The topological polar surface area (TPSA) is 56.7 Å². The predicted octanol–water partition coefficient (Wildman–Crippen LogP) is 3.79. The van der Waals surface area contributed by atoms with Crippen LogP contribution in [-0.2, 0) is 6.54 Å². The third-order valence-corrected chi connectivity index (χ3v) is 5.62. The molecule has 2 N–H and O–H groups in total. The lowest BCUT2D eigenvalue weighted by Gasteiger charge is -2.38. The zero-order valence-electron chi connectivity index (χ0n) is 16.6. The highest BCUT2D eigenvalue weighted by atomic mass is 127. The van der Waals surface area contributed by atoms with Crippen LogP contribution in [0.2, 0.25) is 0 Å². The van der Waals surface area contributed by atoms with Gasteiger partial charge in [0.15, 0.2) is 5.96 Å². The highest BCUT2D eigenvalue weighted by molar-refractivity contribution is 14.0. The van der Waals surface area contributed by atoms with Crippen LogP contribution < -0.4 is 10.6 Å². The van der Waals surface area contributed by atoms with Crippen molar-refractivity contribution in [1.82, 2.24) is 15.5 Å². The third-order valence-electron chi connectivity index (χ3n) is 5.62. The first-order valence-electron chi connectivity index (χ1n) is 10.1. The van der Waals surface area contributed by atoms with Crippen molar-refractivity contribution in [2.45, 2.75) is 52.5 Å². The minimum Gasteiger partial charge on any atom is -0.357 e. The van der Waals surface area contributed by atoms with Gasteiger partial charge in [0.05, 0.1) is 6.54 Å². The van der Waals surface area contributed by atoms with E-state index in [0.29, 0.717) is 24.1 Å². The molecule has 1 aromatic rings. The van der Waals surface area contributed by atoms with Crippen molar-refractivity contribution >= 4 is 35.8 Å². The monoisotopic (exact) mass is 484 g/mol. The van der Waals surface area contributed by atoms with Crippen LogP contribution in [0, 0.1) is 5.41 Å². The second kappa shape index (κ2) is 10.3. The second-order valence-corrected chi connectivity index (χ2v) is 7.65. The molecule has 1 amide bonds. The van der Waals surface area contributed by atoms with E-state index in [9.17, 15) is 4.79 Å². The normalized spacial score (nSPS) is 18.0. The zero-order valence-corrected chi connectivity index (χ0v) is 18.9. The lowest BCUT2D eigenvalue weighted by Crippen LogP contribution is -2.42. The fraction of sp³-hybridized carbons (Fsp3) is 0.619. The van der Waals surface area contributed by atoms with Crippen molar-refractivity contribution < 1.29 is 4.79 Å². The molecule has 2 aliphatic rings. The Morgan fingerprint density at radius 3 is 2.67 bits per heavy atom. The SMILES string of the molecule is CCCNC(=O)c1cccc(CN=C(NCC)N2CCC3(CCC3)C2)c1.I. The lowest BCUT2D eigenvalue weighted by atomic mass is 9.68. The molecule has 0 radical (unpaired) electrons. The van der Waals surface area contributed by atoms with Crippen LogP contribution in [-0.4, -0.2) is 42.9 Å². The summed E-state index contributed by atoms with van der Waals surface area (Å²) in [6, 6.07) is 7.80. The summed E-state index contributed by atoms with van der Waals surface area (Å²) in [5, 5.41) is 6.37. The summed E-state index contributed by atoms with van der Waals surface area (Å²) in [4.78, 5) is 19.4. The van der Waals surface area contributed by atoms with E-state index >= 15 is 0 Å². The highest BCUT2D eigenvalue weighted by Gasteiger charge is 2.43. The molecule has 6 heteroatoms. The van der Waals surface area contributed by atoms with Gasteiger partial charge < -0.3 is 15.5 Å². The molecule has 1 heterocycles. The smallest absolute Gasteiger partial charge is 0.251 e. The van der Waals surface area contributed by atoms with Crippen LogP contribution in [0.4, 0.5) is 0 Å². The van der Waals surface area contributed by atoms with Gasteiger partial charge in [0.2, 0.25) is 0 Å². The van der Waals surface area contributed by atoms with E-state index in [1.807, 2.05) is 24.3 Å². The first-order valence-corrected chi connectivity index (χ1v) is 10.1. The molecule has 1 aliphatic heterocycles. The number of carbonyl (C=O) groups is 1. The van der Waals surface area contributed by atoms with E-state index in [1.165, 1.54) is 25.7 Å².